The van der Waals surface area contributed by atoms with Gasteiger partial charge < -0.3 is 14.8 Å². The van der Waals surface area contributed by atoms with Gasteiger partial charge >= 0.3 is 0 Å². The Morgan fingerprint density at radius 2 is 1.62 bits per heavy atom. The Balaban J connectivity index is 1.37. The molecule has 1 N–H and O–H groups in total. The molecule has 0 spiro atoms. The molecule has 0 saturated carbocycles. The van der Waals surface area contributed by atoms with Crippen molar-refractivity contribution < 1.29 is 14.3 Å². The highest BCUT2D eigenvalue weighted by molar-refractivity contribution is 8.00. The molecule has 1 aliphatic rings. The summed E-state index contributed by atoms with van der Waals surface area (Å²) in [6.45, 7) is 2.89. The van der Waals surface area contributed by atoms with Gasteiger partial charge in [-0.15, -0.1) is 10.2 Å². The highest BCUT2D eigenvalue weighted by atomic mass is 32.2. The third-order valence-corrected chi connectivity index (χ3v) is 6.26. The van der Waals surface area contributed by atoms with Gasteiger partial charge in [-0.2, -0.15) is 0 Å². The monoisotopic (exact) mass is 443 g/mol. The Bertz CT molecular complexity index is 1280. The molecule has 1 aliphatic heterocycles. The summed E-state index contributed by atoms with van der Waals surface area (Å²) < 4.78 is 11.1. The lowest BCUT2D eigenvalue weighted by molar-refractivity contribution is -0.115. The molecule has 6 nitrogen and oxygen atoms in total. The van der Waals surface area contributed by atoms with Gasteiger partial charge in [-0.25, -0.2) is 0 Å². The van der Waals surface area contributed by atoms with Gasteiger partial charge in [0.25, 0.3) is 0 Å². The van der Waals surface area contributed by atoms with Gasteiger partial charge in [-0.05, 0) is 19.1 Å². The number of hydrogen-bond acceptors (Lipinski definition) is 6. The van der Waals surface area contributed by atoms with Crippen LogP contribution in [0.5, 0.6) is 11.5 Å². The molecule has 1 atom stereocenters. The van der Waals surface area contributed by atoms with Crippen LogP contribution >= 0.6 is 11.8 Å². The largest absolute Gasteiger partial charge is 0.486 e. The van der Waals surface area contributed by atoms with E-state index in [4.69, 9.17) is 9.47 Å². The van der Waals surface area contributed by atoms with Crippen molar-refractivity contribution in [2.24, 2.45) is 0 Å². The van der Waals surface area contributed by atoms with Gasteiger partial charge in [-0.3, -0.25) is 4.79 Å². The second kappa shape index (κ2) is 8.88. The second-order valence-electron chi connectivity index (χ2n) is 7.37. The van der Waals surface area contributed by atoms with E-state index in [1.54, 1.807) is 6.07 Å². The van der Waals surface area contributed by atoms with Crippen LogP contribution in [0.2, 0.25) is 0 Å². The zero-order chi connectivity index (χ0) is 21.9. The van der Waals surface area contributed by atoms with Gasteiger partial charge in [0.2, 0.25) is 5.91 Å². The molecule has 4 aromatic rings. The molecule has 2 heterocycles. The van der Waals surface area contributed by atoms with Crippen LogP contribution in [-0.2, 0) is 4.79 Å². The molecule has 32 heavy (non-hydrogen) atoms. The van der Waals surface area contributed by atoms with Crippen molar-refractivity contribution in [3.63, 3.8) is 0 Å². The minimum Gasteiger partial charge on any atom is -0.486 e. The minimum atomic E-state index is -0.372. The Labute approximate surface area is 190 Å². The van der Waals surface area contributed by atoms with E-state index in [1.807, 2.05) is 73.7 Å². The molecule has 7 heteroatoms. The molecule has 1 amide bonds. The van der Waals surface area contributed by atoms with Crippen LogP contribution in [0, 0.1) is 0 Å². The SMILES string of the molecule is CC(Sc1nnc(-c2ccccc2)c2ccccc12)C(=O)Nc1ccc2c(c1)OCCO2. The molecule has 3 aromatic carbocycles. The lowest BCUT2D eigenvalue weighted by Gasteiger charge is -2.19. The number of rotatable bonds is 5. The first-order valence-electron chi connectivity index (χ1n) is 10.4. The maximum atomic E-state index is 12.9. The van der Waals surface area contributed by atoms with Crippen molar-refractivity contribution in [2.45, 2.75) is 17.2 Å². The van der Waals surface area contributed by atoms with E-state index < -0.39 is 0 Å². The molecular weight excluding hydrogens is 422 g/mol. The normalized spacial score (nSPS) is 13.5. The van der Waals surface area contributed by atoms with Crippen molar-refractivity contribution in [3.05, 3.63) is 72.8 Å². The highest BCUT2D eigenvalue weighted by Gasteiger charge is 2.20. The van der Waals surface area contributed by atoms with Gasteiger partial charge in [0.1, 0.15) is 23.9 Å². The predicted molar refractivity (Wildman–Crippen MR) is 126 cm³/mol. The van der Waals surface area contributed by atoms with Crippen molar-refractivity contribution in [2.75, 3.05) is 18.5 Å². The van der Waals surface area contributed by atoms with Crippen molar-refractivity contribution in [1.29, 1.82) is 0 Å². The summed E-state index contributed by atoms with van der Waals surface area (Å²) in [7, 11) is 0. The molecule has 0 aliphatic carbocycles. The Hall–Kier alpha value is -3.58. The molecular formula is C25H21N3O3S. The van der Waals surface area contributed by atoms with Gasteiger partial charge in [-0.1, -0.05) is 66.4 Å². The number of amides is 1. The lowest BCUT2D eigenvalue weighted by Crippen LogP contribution is -2.23. The van der Waals surface area contributed by atoms with Crippen LogP contribution in [0.25, 0.3) is 22.0 Å². The summed E-state index contributed by atoms with van der Waals surface area (Å²) in [5.41, 5.74) is 2.51. The Morgan fingerprint density at radius 1 is 0.906 bits per heavy atom. The zero-order valence-corrected chi connectivity index (χ0v) is 18.3. The van der Waals surface area contributed by atoms with Crippen LogP contribution < -0.4 is 14.8 Å². The highest BCUT2D eigenvalue weighted by Crippen LogP contribution is 2.35. The maximum absolute atomic E-state index is 12.9. The van der Waals surface area contributed by atoms with E-state index >= 15 is 0 Å². The lowest BCUT2D eigenvalue weighted by atomic mass is 10.1. The average molecular weight is 444 g/mol. The quantitative estimate of drug-likeness (QED) is 0.428. The summed E-state index contributed by atoms with van der Waals surface area (Å²) in [4.78, 5) is 12.9. The van der Waals surface area contributed by atoms with Crippen LogP contribution in [0.15, 0.2) is 77.8 Å². The summed E-state index contributed by atoms with van der Waals surface area (Å²) in [6.07, 6.45) is 0. The first-order chi connectivity index (χ1) is 15.7. The predicted octanol–water partition coefficient (Wildman–Crippen LogP) is 5.19. The molecule has 0 radical (unpaired) electrons. The van der Waals surface area contributed by atoms with E-state index in [0.29, 0.717) is 30.4 Å². The number of anilines is 1. The van der Waals surface area contributed by atoms with E-state index in [1.165, 1.54) is 11.8 Å². The van der Waals surface area contributed by atoms with Crippen molar-refractivity contribution in [3.8, 4) is 22.8 Å². The molecule has 0 saturated heterocycles. The van der Waals surface area contributed by atoms with Crippen LogP contribution in [-0.4, -0.2) is 34.6 Å². The molecule has 0 fully saturated rings. The topological polar surface area (TPSA) is 73.3 Å². The number of fused-ring (bicyclic) bond motifs is 2. The molecule has 1 unspecified atom stereocenters. The maximum Gasteiger partial charge on any atom is 0.237 e. The number of nitrogens with one attached hydrogen (secondary N) is 1. The third-order valence-electron chi connectivity index (χ3n) is 5.17. The molecule has 5 rings (SSSR count). The van der Waals surface area contributed by atoms with E-state index in [9.17, 15) is 4.79 Å². The first-order valence-corrected chi connectivity index (χ1v) is 11.2. The number of carbonyl (C=O) groups is 1. The second-order valence-corrected chi connectivity index (χ2v) is 8.70. The zero-order valence-electron chi connectivity index (χ0n) is 17.4. The summed E-state index contributed by atoms with van der Waals surface area (Å²) in [5, 5.41) is 14.3. The van der Waals surface area contributed by atoms with Gasteiger partial charge in [0, 0.05) is 28.1 Å². The minimum absolute atomic E-state index is 0.121. The van der Waals surface area contributed by atoms with Crippen LogP contribution in [0.1, 0.15) is 6.92 Å². The number of aromatic nitrogens is 2. The average Bonchev–Trinajstić information content (AvgIpc) is 2.84. The van der Waals surface area contributed by atoms with Gasteiger partial charge in [0.15, 0.2) is 11.5 Å². The number of benzene rings is 3. The van der Waals surface area contributed by atoms with E-state index in [2.05, 4.69) is 15.5 Å². The van der Waals surface area contributed by atoms with Gasteiger partial charge in [0.05, 0.1) is 5.25 Å². The van der Waals surface area contributed by atoms with Crippen LogP contribution in [0.4, 0.5) is 5.69 Å². The summed E-state index contributed by atoms with van der Waals surface area (Å²) >= 11 is 1.39. The number of ether oxygens (including phenoxy) is 2. The first kappa shape index (κ1) is 20.3. The smallest absolute Gasteiger partial charge is 0.237 e. The third kappa shape index (κ3) is 4.11. The van der Waals surface area contributed by atoms with E-state index in [-0.39, 0.29) is 11.2 Å². The van der Waals surface area contributed by atoms with Crippen molar-refractivity contribution >= 4 is 34.1 Å². The summed E-state index contributed by atoms with van der Waals surface area (Å²) in [5.74, 6) is 1.21. The number of carbonyl (C=O) groups excluding carboxylic acids is 1. The fraction of sp³-hybridized carbons (Fsp3) is 0.160. The fourth-order valence-corrected chi connectivity index (χ4v) is 4.46. The molecule has 1 aromatic heterocycles. The molecule has 0 bridgehead atoms. The van der Waals surface area contributed by atoms with E-state index in [0.717, 1.165) is 27.1 Å². The molecule has 160 valence electrons. The number of hydrogen-bond donors (Lipinski definition) is 1. The standard InChI is InChI=1S/C25H21N3O3S/c1-16(24(29)26-18-11-12-21-22(15-18)31-14-13-30-21)32-25-20-10-6-5-9-19(20)23(27-28-25)17-7-3-2-4-8-17/h2-12,15-16H,13-14H2,1H3,(H,26,29). The summed E-state index contributed by atoms with van der Waals surface area (Å²) in [6, 6.07) is 23.4. The Morgan fingerprint density at radius 3 is 2.44 bits per heavy atom. The Kier molecular flexibility index (Phi) is 5.64. The number of nitrogens with zero attached hydrogens (tertiary/aromatic N) is 2. The fourth-order valence-electron chi connectivity index (χ4n) is 3.56. The number of thioether (sulfide) groups is 1. The van der Waals surface area contributed by atoms with Crippen molar-refractivity contribution in [1.82, 2.24) is 10.2 Å². The van der Waals surface area contributed by atoms with Crippen LogP contribution in [0.3, 0.4) is 0 Å².